The topological polar surface area (TPSA) is 65.0 Å². The predicted octanol–water partition coefficient (Wildman–Crippen LogP) is 5.82. The first-order chi connectivity index (χ1) is 15.1. The summed E-state index contributed by atoms with van der Waals surface area (Å²) < 4.78 is 18.9. The number of hydrogen-bond acceptors (Lipinski definition) is 4. The number of aliphatic carboxylic acids is 1. The van der Waals surface area contributed by atoms with Crippen LogP contribution in [0.4, 0.5) is 0 Å². The van der Waals surface area contributed by atoms with Crippen molar-refractivity contribution < 1.29 is 24.1 Å². The zero-order chi connectivity index (χ0) is 23.2. The largest absolute Gasteiger partial charge is 0.491 e. The van der Waals surface area contributed by atoms with Gasteiger partial charge in [0.05, 0.1) is 12.0 Å². The summed E-state index contributed by atoms with van der Waals surface area (Å²) in [5, 5.41) is 9.97. The summed E-state index contributed by atoms with van der Waals surface area (Å²) >= 11 is 0. The molecule has 1 fully saturated rings. The number of fused-ring (bicyclic) bond motifs is 3. The van der Waals surface area contributed by atoms with Gasteiger partial charge in [-0.15, -0.1) is 0 Å². The van der Waals surface area contributed by atoms with Crippen LogP contribution in [0.5, 0.6) is 11.5 Å². The number of carboxylic acids is 1. The molecule has 0 unspecified atom stereocenters. The lowest BCUT2D eigenvalue weighted by atomic mass is 9.71. The molecule has 4 rings (SSSR count). The van der Waals surface area contributed by atoms with Crippen LogP contribution in [-0.2, 0) is 9.53 Å². The van der Waals surface area contributed by atoms with Crippen molar-refractivity contribution >= 4 is 5.97 Å². The third-order valence-corrected chi connectivity index (χ3v) is 6.97. The Morgan fingerprint density at radius 3 is 2.50 bits per heavy atom. The smallest absolute Gasteiger partial charge is 0.309 e. The van der Waals surface area contributed by atoms with Crippen LogP contribution in [0.15, 0.2) is 36.4 Å². The van der Waals surface area contributed by atoms with Gasteiger partial charge in [-0.1, -0.05) is 32.0 Å². The van der Waals surface area contributed by atoms with Crippen molar-refractivity contribution in [3.63, 3.8) is 0 Å². The zero-order valence-corrected chi connectivity index (χ0v) is 19.8. The van der Waals surface area contributed by atoms with Crippen LogP contribution in [0.3, 0.4) is 0 Å². The van der Waals surface area contributed by atoms with E-state index in [9.17, 15) is 9.90 Å². The number of aryl methyl sites for hydroxylation is 2. The Morgan fingerprint density at radius 2 is 1.88 bits per heavy atom. The first kappa shape index (κ1) is 22.7. The summed E-state index contributed by atoms with van der Waals surface area (Å²) in [4.78, 5) is 12.2. The van der Waals surface area contributed by atoms with E-state index >= 15 is 0 Å². The first-order valence-electron chi connectivity index (χ1n) is 11.5. The highest BCUT2D eigenvalue weighted by Crippen LogP contribution is 2.53. The van der Waals surface area contributed by atoms with E-state index in [4.69, 9.17) is 14.2 Å². The summed E-state index contributed by atoms with van der Waals surface area (Å²) in [6.07, 6.45) is -0.275. The van der Waals surface area contributed by atoms with E-state index in [0.717, 1.165) is 28.2 Å². The second-order valence-corrected chi connectivity index (χ2v) is 10.1. The number of carbonyl (C=O) groups is 1. The zero-order valence-electron chi connectivity index (χ0n) is 19.8. The molecule has 0 radical (unpaired) electrons. The Balaban J connectivity index is 1.60. The fourth-order valence-electron chi connectivity index (χ4n) is 5.14. The van der Waals surface area contributed by atoms with Crippen LogP contribution in [0.1, 0.15) is 68.4 Å². The van der Waals surface area contributed by atoms with E-state index in [2.05, 4.69) is 52.0 Å². The van der Waals surface area contributed by atoms with E-state index in [1.54, 1.807) is 0 Å². The third kappa shape index (κ3) is 4.23. The molecule has 5 nitrogen and oxygen atoms in total. The summed E-state index contributed by atoms with van der Waals surface area (Å²) in [5.41, 5.74) is 4.01. The quantitative estimate of drug-likeness (QED) is 0.637. The molecule has 172 valence electrons. The lowest BCUT2D eigenvalue weighted by molar-refractivity contribution is -0.192. The minimum atomic E-state index is -0.852. The highest BCUT2D eigenvalue weighted by Gasteiger charge is 2.52. The minimum absolute atomic E-state index is 0.0564. The Bertz CT molecular complexity index is 992. The number of carboxylic acid groups (broad SMARTS) is 1. The maximum atomic E-state index is 12.2. The second-order valence-electron chi connectivity index (χ2n) is 10.1. The Kier molecular flexibility index (Phi) is 5.97. The average molecular weight is 439 g/mol. The summed E-state index contributed by atoms with van der Waals surface area (Å²) in [5.74, 6) is 0.452. The Morgan fingerprint density at radius 1 is 1.19 bits per heavy atom. The van der Waals surface area contributed by atoms with Gasteiger partial charge in [-0.05, 0) is 74.9 Å². The molecule has 2 aromatic rings. The molecule has 1 saturated heterocycles. The summed E-state index contributed by atoms with van der Waals surface area (Å²) in [7, 11) is 0. The van der Waals surface area contributed by atoms with Crippen LogP contribution in [0.2, 0.25) is 0 Å². The van der Waals surface area contributed by atoms with Crippen molar-refractivity contribution in [2.24, 2.45) is 11.8 Å². The van der Waals surface area contributed by atoms with Crippen LogP contribution < -0.4 is 9.47 Å². The molecular weight excluding hydrogens is 404 g/mol. The monoisotopic (exact) mass is 438 g/mol. The van der Waals surface area contributed by atoms with Gasteiger partial charge in [0.25, 0.3) is 0 Å². The van der Waals surface area contributed by atoms with Gasteiger partial charge in [-0.25, -0.2) is 0 Å². The van der Waals surface area contributed by atoms with Crippen molar-refractivity contribution in [2.75, 3.05) is 6.61 Å². The number of rotatable bonds is 5. The number of ether oxygens (including phenoxy) is 3. The molecule has 0 spiro atoms. The van der Waals surface area contributed by atoms with Gasteiger partial charge in [0, 0.05) is 11.5 Å². The van der Waals surface area contributed by atoms with Gasteiger partial charge in [-0.2, -0.15) is 0 Å². The normalized spacial score (nSPS) is 26.1. The maximum Gasteiger partial charge on any atom is 0.309 e. The number of benzene rings is 2. The molecule has 2 aliphatic rings. The molecule has 2 aromatic carbocycles. The lowest BCUT2D eigenvalue weighted by Crippen LogP contribution is -2.53. The van der Waals surface area contributed by atoms with Gasteiger partial charge in [0.2, 0.25) is 0 Å². The van der Waals surface area contributed by atoms with E-state index in [-0.39, 0.29) is 18.6 Å². The summed E-state index contributed by atoms with van der Waals surface area (Å²) in [6, 6.07) is 12.2. The average Bonchev–Trinajstić information content (AvgIpc) is 2.70. The van der Waals surface area contributed by atoms with Crippen molar-refractivity contribution in [1.82, 2.24) is 0 Å². The number of hydrogen-bond donors (Lipinski definition) is 1. The third-order valence-electron chi connectivity index (χ3n) is 6.97. The van der Waals surface area contributed by atoms with Gasteiger partial charge >= 0.3 is 5.97 Å². The first-order valence-corrected chi connectivity index (χ1v) is 11.5. The summed E-state index contributed by atoms with van der Waals surface area (Å²) in [6.45, 7) is 12.7. The minimum Gasteiger partial charge on any atom is -0.491 e. The highest BCUT2D eigenvalue weighted by atomic mass is 16.6. The molecular formula is C27H34O5. The molecule has 32 heavy (non-hydrogen) atoms. The molecule has 2 aliphatic heterocycles. The van der Waals surface area contributed by atoms with Crippen molar-refractivity contribution in [2.45, 2.75) is 71.7 Å². The maximum absolute atomic E-state index is 12.2. The molecule has 0 bridgehead atoms. The van der Waals surface area contributed by atoms with Gasteiger partial charge in [0.1, 0.15) is 29.8 Å². The van der Waals surface area contributed by atoms with E-state index < -0.39 is 23.6 Å². The lowest BCUT2D eigenvalue weighted by Gasteiger charge is -2.50. The molecule has 2 heterocycles. The predicted molar refractivity (Wildman–Crippen MR) is 123 cm³/mol. The molecule has 5 heteroatoms. The van der Waals surface area contributed by atoms with Gasteiger partial charge < -0.3 is 19.3 Å². The molecule has 0 amide bonds. The van der Waals surface area contributed by atoms with E-state index in [1.807, 2.05) is 26.0 Å². The van der Waals surface area contributed by atoms with Gasteiger partial charge in [-0.3, -0.25) is 4.79 Å². The standard InChI is InChI=1S/C27H34O5/c1-15(2)18-7-9-19(10-8-18)30-14-23-20(26(28)29)13-21-25(31-23)24-17(4)11-16(3)12-22(24)32-27(21,5)6/h7-12,15,20-21,23,25H,13-14H2,1-6H3,(H,28,29)/t20-,21+,23+,25+/m1/s1. The molecule has 0 aliphatic carbocycles. The molecule has 4 atom stereocenters. The SMILES string of the molecule is Cc1cc(C)c2c(c1)OC(C)(C)[C@H]1C[C@@H](C(=O)O)[C@H](COc3ccc(C(C)C)cc3)O[C@H]21. The van der Waals surface area contributed by atoms with Crippen LogP contribution in [-0.4, -0.2) is 29.4 Å². The molecule has 0 saturated carbocycles. The van der Waals surface area contributed by atoms with E-state index in [1.165, 1.54) is 5.56 Å². The van der Waals surface area contributed by atoms with Crippen molar-refractivity contribution in [3.05, 3.63) is 58.7 Å². The van der Waals surface area contributed by atoms with E-state index in [0.29, 0.717) is 12.3 Å². The van der Waals surface area contributed by atoms with Crippen molar-refractivity contribution in [1.29, 1.82) is 0 Å². The highest BCUT2D eigenvalue weighted by molar-refractivity contribution is 5.71. The fraction of sp³-hybridized carbons (Fsp3) is 0.519. The molecule has 0 aromatic heterocycles. The van der Waals surface area contributed by atoms with Crippen LogP contribution in [0.25, 0.3) is 0 Å². The second kappa shape index (κ2) is 8.43. The molecule has 1 N–H and O–H groups in total. The van der Waals surface area contributed by atoms with Crippen LogP contribution in [0, 0.1) is 25.7 Å². The van der Waals surface area contributed by atoms with Crippen LogP contribution >= 0.6 is 0 Å². The Labute approximate surface area is 190 Å². The van der Waals surface area contributed by atoms with Crippen molar-refractivity contribution in [3.8, 4) is 11.5 Å². The fourth-order valence-corrected chi connectivity index (χ4v) is 5.14. The Hall–Kier alpha value is -2.53. The van der Waals surface area contributed by atoms with Gasteiger partial charge in [0.15, 0.2) is 0 Å².